The van der Waals surface area contributed by atoms with Gasteiger partial charge in [0.15, 0.2) is 0 Å². The molecule has 0 radical (unpaired) electrons. The molecule has 1 aliphatic carbocycles. The van der Waals surface area contributed by atoms with Crippen molar-refractivity contribution in [1.29, 1.82) is 5.26 Å². The van der Waals surface area contributed by atoms with E-state index in [9.17, 15) is 0 Å². The summed E-state index contributed by atoms with van der Waals surface area (Å²) in [5.74, 6) is 2.54. The lowest BCUT2D eigenvalue weighted by atomic mass is 9.76. The second-order valence-electron chi connectivity index (χ2n) is 8.00. The zero-order chi connectivity index (χ0) is 17.6. The van der Waals surface area contributed by atoms with Crippen LogP contribution in [0.15, 0.2) is 48.5 Å². The second-order valence-corrected chi connectivity index (χ2v) is 8.00. The Morgan fingerprint density at radius 2 is 1.44 bits per heavy atom. The van der Waals surface area contributed by atoms with Gasteiger partial charge in [0.1, 0.15) is 0 Å². The normalized spacial score (nSPS) is 20.4. The third-order valence-electron chi connectivity index (χ3n) is 5.73. The molecule has 0 atom stereocenters. The molecule has 25 heavy (non-hydrogen) atoms. The van der Waals surface area contributed by atoms with E-state index in [1.54, 1.807) is 0 Å². The van der Waals surface area contributed by atoms with E-state index in [-0.39, 0.29) is 0 Å². The summed E-state index contributed by atoms with van der Waals surface area (Å²) in [4.78, 5) is 0. The summed E-state index contributed by atoms with van der Waals surface area (Å²) in [6, 6.07) is 19.1. The standard InChI is InChI=1S/C24H29N/c1-18(2)3-4-19-5-9-21(10-6-19)23-13-15-24(16-14-23)22-11-7-20(17-25)8-12-22/h7-8,11-16,18-19,21H,3-6,9-10H2,1-2H3/t19-,21-. The van der Waals surface area contributed by atoms with Gasteiger partial charge in [0.05, 0.1) is 11.6 Å². The highest BCUT2D eigenvalue weighted by Crippen LogP contribution is 2.38. The van der Waals surface area contributed by atoms with Crippen molar-refractivity contribution in [2.24, 2.45) is 11.8 Å². The average molecular weight is 332 g/mol. The van der Waals surface area contributed by atoms with Crippen LogP contribution in [-0.4, -0.2) is 0 Å². The summed E-state index contributed by atoms with van der Waals surface area (Å²) >= 11 is 0. The highest BCUT2D eigenvalue weighted by Gasteiger charge is 2.22. The first kappa shape index (κ1) is 17.7. The Morgan fingerprint density at radius 3 is 1.96 bits per heavy atom. The summed E-state index contributed by atoms with van der Waals surface area (Å²) in [5, 5.41) is 8.91. The van der Waals surface area contributed by atoms with Crippen LogP contribution >= 0.6 is 0 Å². The van der Waals surface area contributed by atoms with Crippen LogP contribution in [-0.2, 0) is 0 Å². The minimum absolute atomic E-state index is 0.717. The number of benzene rings is 2. The molecule has 2 aromatic rings. The molecule has 0 aliphatic heterocycles. The van der Waals surface area contributed by atoms with E-state index in [1.165, 1.54) is 55.2 Å². The minimum Gasteiger partial charge on any atom is -0.192 e. The quantitative estimate of drug-likeness (QED) is 0.582. The molecule has 1 aliphatic rings. The minimum atomic E-state index is 0.717. The zero-order valence-electron chi connectivity index (χ0n) is 15.5. The molecule has 0 saturated heterocycles. The van der Waals surface area contributed by atoms with Gasteiger partial charge in [0.2, 0.25) is 0 Å². The van der Waals surface area contributed by atoms with Gasteiger partial charge in [-0.15, -0.1) is 0 Å². The van der Waals surface area contributed by atoms with Crippen LogP contribution in [0, 0.1) is 23.2 Å². The van der Waals surface area contributed by atoms with Crippen LogP contribution in [0.25, 0.3) is 11.1 Å². The van der Waals surface area contributed by atoms with E-state index >= 15 is 0 Å². The lowest BCUT2D eigenvalue weighted by Crippen LogP contribution is -2.14. The van der Waals surface area contributed by atoms with Gasteiger partial charge in [-0.1, -0.05) is 63.1 Å². The van der Waals surface area contributed by atoms with Crippen LogP contribution in [0.1, 0.15) is 69.4 Å². The number of rotatable bonds is 5. The van der Waals surface area contributed by atoms with Crippen molar-refractivity contribution in [3.8, 4) is 17.2 Å². The molecular formula is C24H29N. The Labute approximate surface area is 152 Å². The first-order chi connectivity index (χ1) is 12.2. The molecule has 2 aromatic carbocycles. The summed E-state index contributed by atoms with van der Waals surface area (Å²) in [6.07, 6.45) is 8.29. The molecule has 1 saturated carbocycles. The van der Waals surface area contributed by atoms with Crippen molar-refractivity contribution in [2.75, 3.05) is 0 Å². The summed E-state index contributed by atoms with van der Waals surface area (Å²) in [7, 11) is 0. The van der Waals surface area contributed by atoms with Gasteiger partial charge in [-0.25, -0.2) is 0 Å². The summed E-state index contributed by atoms with van der Waals surface area (Å²) in [5.41, 5.74) is 4.64. The van der Waals surface area contributed by atoms with Crippen LogP contribution in [0.4, 0.5) is 0 Å². The molecule has 1 heteroatoms. The zero-order valence-corrected chi connectivity index (χ0v) is 15.5. The van der Waals surface area contributed by atoms with Gasteiger partial charge >= 0.3 is 0 Å². The van der Waals surface area contributed by atoms with Gasteiger partial charge in [-0.05, 0) is 72.3 Å². The van der Waals surface area contributed by atoms with Crippen molar-refractivity contribution in [1.82, 2.24) is 0 Å². The predicted molar refractivity (Wildman–Crippen MR) is 105 cm³/mol. The highest BCUT2D eigenvalue weighted by atomic mass is 14.3. The molecule has 3 rings (SSSR count). The van der Waals surface area contributed by atoms with E-state index in [0.717, 1.165) is 23.3 Å². The Kier molecular flexibility index (Phi) is 5.92. The van der Waals surface area contributed by atoms with Gasteiger partial charge in [0.25, 0.3) is 0 Å². The molecule has 130 valence electrons. The van der Waals surface area contributed by atoms with E-state index < -0.39 is 0 Å². The third kappa shape index (κ3) is 4.73. The fourth-order valence-corrected chi connectivity index (χ4v) is 4.04. The van der Waals surface area contributed by atoms with Crippen molar-refractivity contribution in [3.05, 3.63) is 59.7 Å². The van der Waals surface area contributed by atoms with Crippen molar-refractivity contribution in [3.63, 3.8) is 0 Å². The molecule has 0 bridgehead atoms. The molecule has 1 nitrogen and oxygen atoms in total. The molecule has 0 aromatic heterocycles. The molecule has 0 heterocycles. The van der Waals surface area contributed by atoms with Gasteiger partial charge < -0.3 is 0 Å². The third-order valence-corrected chi connectivity index (χ3v) is 5.73. The lowest BCUT2D eigenvalue weighted by Gasteiger charge is -2.29. The smallest absolute Gasteiger partial charge is 0.0991 e. The molecule has 0 N–H and O–H groups in total. The largest absolute Gasteiger partial charge is 0.192 e. The van der Waals surface area contributed by atoms with Gasteiger partial charge in [-0.2, -0.15) is 5.26 Å². The van der Waals surface area contributed by atoms with Crippen LogP contribution in [0.5, 0.6) is 0 Å². The number of nitrogens with zero attached hydrogens (tertiary/aromatic N) is 1. The maximum absolute atomic E-state index is 8.91. The van der Waals surface area contributed by atoms with Gasteiger partial charge in [-0.3, -0.25) is 0 Å². The molecule has 0 unspecified atom stereocenters. The first-order valence-corrected chi connectivity index (χ1v) is 9.76. The fraction of sp³-hybridized carbons (Fsp3) is 0.458. The highest BCUT2D eigenvalue weighted by molar-refractivity contribution is 5.64. The molecule has 0 spiro atoms. The first-order valence-electron chi connectivity index (χ1n) is 9.76. The fourth-order valence-electron chi connectivity index (χ4n) is 4.04. The van der Waals surface area contributed by atoms with Crippen LogP contribution in [0.2, 0.25) is 0 Å². The van der Waals surface area contributed by atoms with Crippen molar-refractivity contribution >= 4 is 0 Å². The maximum Gasteiger partial charge on any atom is 0.0991 e. The Balaban J connectivity index is 1.58. The van der Waals surface area contributed by atoms with E-state index in [2.05, 4.69) is 44.2 Å². The van der Waals surface area contributed by atoms with E-state index in [0.29, 0.717) is 0 Å². The lowest BCUT2D eigenvalue weighted by molar-refractivity contribution is 0.293. The molecule has 1 fully saturated rings. The monoisotopic (exact) mass is 331 g/mol. The Morgan fingerprint density at radius 1 is 0.880 bits per heavy atom. The Bertz CT molecular complexity index is 695. The summed E-state index contributed by atoms with van der Waals surface area (Å²) < 4.78 is 0. The second kappa shape index (κ2) is 8.34. The Hall–Kier alpha value is -2.07. The van der Waals surface area contributed by atoms with E-state index in [1.807, 2.05) is 24.3 Å². The van der Waals surface area contributed by atoms with Gasteiger partial charge in [0, 0.05) is 0 Å². The SMILES string of the molecule is CC(C)CC[C@H]1CC[C@H](c2ccc(-c3ccc(C#N)cc3)cc2)CC1. The number of nitriles is 1. The van der Waals surface area contributed by atoms with Crippen LogP contribution < -0.4 is 0 Å². The number of hydrogen-bond donors (Lipinski definition) is 0. The maximum atomic E-state index is 8.91. The summed E-state index contributed by atoms with van der Waals surface area (Å²) in [6.45, 7) is 4.67. The number of hydrogen-bond acceptors (Lipinski definition) is 1. The molecule has 0 amide bonds. The topological polar surface area (TPSA) is 23.8 Å². The van der Waals surface area contributed by atoms with Crippen LogP contribution in [0.3, 0.4) is 0 Å². The van der Waals surface area contributed by atoms with E-state index in [4.69, 9.17) is 5.26 Å². The molecular weight excluding hydrogens is 302 g/mol. The average Bonchev–Trinajstić information content (AvgIpc) is 2.67. The van der Waals surface area contributed by atoms with Crippen molar-refractivity contribution < 1.29 is 0 Å². The van der Waals surface area contributed by atoms with Crippen molar-refractivity contribution in [2.45, 2.75) is 58.3 Å². The predicted octanol–water partition coefficient (Wildman–Crippen LogP) is 6.94.